The fraction of sp³-hybridized carbons (Fsp3) is 0.538. The third kappa shape index (κ3) is 5.27. The van der Waals surface area contributed by atoms with Crippen molar-refractivity contribution >= 4 is 27.5 Å². The minimum absolute atomic E-state index is 0.188. The zero-order valence-corrected chi connectivity index (χ0v) is 22.1. The largest absolute Gasteiger partial charge is 0.490 e. The van der Waals surface area contributed by atoms with Crippen molar-refractivity contribution in [3.63, 3.8) is 0 Å². The maximum atomic E-state index is 6.42. The molecular weight excluding hydrogens is 520 g/mol. The highest BCUT2D eigenvalue weighted by atomic mass is 79.9. The third-order valence-electron chi connectivity index (χ3n) is 6.54. The summed E-state index contributed by atoms with van der Waals surface area (Å²) in [5.74, 6) is 3.31. The van der Waals surface area contributed by atoms with Crippen LogP contribution in [-0.4, -0.2) is 56.5 Å². The first-order valence-corrected chi connectivity index (χ1v) is 13.2. The lowest BCUT2D eigenvalue weighted by Crippen LogP contribution is -2.46. The molecule has 0 spiro atoms. The van der Waals surface area contributed by atoms with Gasteiger partial charge >= 0.3 is 0 Å². The van der Waals surface area contributed by atoms with Gasteiger partial charge in [0.1, 0.15) is 18.8 Å². The van der Waals surface area contributed by atoms with Crippen molar-refractivity contribution in [2.45, 2.75) is 44.8 Å². The number of ether oxygens (including phenoxy) is 4. The molecule has 1 fully saturated rings. The van der Waals surface area contributed by atoms with Crippen LogP contribution < -0.4 is 24.3 Å². The Labute approximate surface area is 215 Å². The van der Waals surface area contributed by atoms with Crippen molar-refractivity contribution < 1.29 is 18.9 Å². The summed E-state index contributed by atoms with van der Waals surface area (Å²) in [5.41, 5.74) is 2.12. The highest BCUT2D eigenvalue weighted by Gasteiger charge is 2.33. The van der Waals surface area contributed by atoms with Gasteiger partial charge in [-0.05, 0) is 51.4 Å². The van der Waals surface area contributed by atoms with E-state index in [1.165, 1.54) is 5.56 Å². The number of unbranched alkanes of at least 4 members (excludes halogenated alkanes) is 1. The van der Waals surface area contributed by atoms with E-state index in [0.29, 0.717) is 24.8 Å². The van der Waals surface area contributed by atoms with Gasteiger partial charge in [-0.3, -0.25) is 4.90 Å². The number of rotatable bonds is 7. The second kappa shape index (κ2) is 10.1. The average Bonchev–Trinajstić information content (AvgIpc) is 3.12. The summed E-state index contributed by atoms with van der Waals surface area (Å²) in [7, 11) is 0. The number of benzene rings is 2. The molecule has 1 unspecified atom stereocenters. The molecule has 0 radical (unpaired) electrons. The van der Waals surface area contributed by atoms with Crippen LogP contribution in [0, 0.1) is 0 Å². The van der Waals surface area contributed by atoms with Crippen molar-refractivity contribution in [1.82, 2.24) is 10.2 Å². The van der Waals surface area contributed by atoms with Gasteiger partial charge in [-0.2, -0.15) is 0 Å². The number of fused-ring (bicyclic) bond motifs is 2. The van der Waals surface area contributed by atoms with Crippen LogP contribution in [0.25, 0.3) is 0 Å². The van der Waals surface area contributed by atoms with E-state index < -0.39 is 0 Å². The molecule has 6 nitrogen and oxygen atoms in total. The third-order valence-corrected chi connectivity index (χ3v) is 7.21. The number of piperazine rings is 1. The fourth-order valence-corrected chi connectivity index (χ4v) is 5.76. The Morgan fingerprint density at radius 2 is 2.00 bits per heavy atom. The molecule has 3 aliphatic heterocycles. The van der Waals surface area contributed by atoms with E-state index in [4.69, 9.17) is 30.5 Å². The summed E-state index contributed by atoms with van der Waals surface area (Å²) >= 11 is 10.0. The highest BCUT2D eigenvalue weighted by Crippen LogP contribution is 2.44. The number of nitrogens with zero attached hydrogens (tertiary/aromatic N) is 1. The lowest BCUT2D eigenvalue weighted by atomic mass is 10.0. The molecule has 2 aromatic rings. The summed E-state index contributed by atoms with van der Waals surface area (Å²) in [5, 5.41) is 4.21. The van der Waals surface area contributed by atoms with E-state index in [9.17, 15) is 0 Å². The first kappa shape index (κ1) is 24.0. The Hall–Kier alpha value is -1.67. The highest BCUT2D eigenvalue weighted by molar-refractivity contribution is 9.10. The first-order chi connectivity index (χ1) is 16.4. The molecule has 8 heteroatoms. The summed E-state index contributed by atoms with van der Waals surface area (Å²) in [6.45, 7) is 9.82. The number of hydrogen-bond acceptors (Lipinski definition) is 6. The Kier molecular flexibility index (Phi) is 7.17. The van der Waals surface area contributed by atoms with E-state index in [2.05, 4.69) is 46.1 Å². The minimum atomic E-state index is -0.188. The molecule has 1 saturated heterocycles. The van der Waals surface area contributed by atoms with E-state index in [-0.39, 0.29) is 11.6 Å². The molecule has 2 aromatic carbocycles. The molecule has 0 saturated carbocycles. The van der Waals surface area contributed by atoms with E-state index >= 15 is 0 Å². The Morgan fingerprint density at radius 3 is 2.88 bits per heavy atom. The van der Waals surface area contributed by atoms with E-state index in [0.717, 1.165) is 78.5 Å². The van der Waals surface area contributed by atoms with Crippen molar-refractivity contribution in [2.75, 3.05) is 46.0 Å². The summed E-state index contributed by atoms with van der Waals surface area (Å²) in [6.07, 6.45) is 2.90. The summed E-state index contributed by atoms with van der Waals surface area (Å²) in [4.78, 5) is 2.52. The predicted molar refractivity (Wildman–Crippen MR) is 137 cm³/mol. The minimum Gasteiger partial charge on any atom is -0.490 e. The summed E-state index contributed by atoms with van der Waals surface area (Å²) < 4.78 is 25.2. The van der Waals surface area contributed by atoms with Crippen molar-refractivity contribution in [3.05, 3.63) is 44.9 Å². The summed E-state index contributed by atoms with van der Waals surface area (Å²) in [6, 6.07) is 8.22. The zero-order valence-electron chi connectivity index (χ0n) is 19.8. The predicted octanol–water partition coefficient (Wildman–Crippen LogP) is 5.39. The van der Waals surface area contributed by atoms with Crippen LogP contribution in [0.4, 0.5) is 0 Å². The van der Waals surface area contributed by atoms with Crippen LogP contribution in [0.1, 0.15) is 43.9 Å². The maximum Gasteiger partial charge on any atom is 0.166 e. The van der Waals surface area contributed by atoms with Crippen LogP contribution in [0.3, 0.4) is 0 Å². The van der Waals surface area contributed by atoms with E-state index in [1.807, 2.05) is 18.2 Å². The molecule has 1 atom stereocenters. The lowest BCUT2D eigenvalue weighted by molar-refractivity contribution is 0.130. The van der Waals surface area contributed by atoms with Gasteiger partial charge in [0.15, 0.2) is 23.0 Å². The van der Waals surface area contributed by atoms with Gasteiger partial charge in [-0.1, -0.05) is 27.5 Å². The normalized spacial score (nSPS) is 21.1. The molecule has 0 aromatic heterocycles. The van der Waals surface area contributed by atoms with Crippen LogP contribution >= 0.6 is 27.5 Å². The molecule has 0 aliphatic carbocycles. The Morgan fingerprint density at radius 1 is 1.15 bits per heavy atom. The van der Waals surface area contributed by atoms with Crippen molar-refractivity contribution in [2.24, 2.45) is 0 Å². The molecule has 3 aliphatic rings. The van der Waals surface area contributed by atoms with Crippen molar-refractivity contribution in [1.29, 1.82) is 0 Å². The SMILES string of the molecule is CC1(C)Cc2cc(Br)cc(OCCCCN3CCNCC3c3cc(Cl)cc4c3OCCO4)c2O1. The monoisotopic (exact) mass is 550 g/mol. The van der Waals surface area contributed by atoms with Crippen LogP contribution in [0.2, 0.25) is 5.02 Å². The van der Waals surface area contributed by atoms with Gasteiger partial charge in [-0.25, -0.2) is 0 Å². The molecule has 3 heterocycles. The van der Waals surface area contributed by atoms with Gasteiger partial charge < -0.3 is 24.3 Å². The molecule has 184 valence electrons. The van der Waals surface area contributed by atoms with Crippen LogP contribution in [0.5, 0.6) is 23.0 Å². The molecule has 0 bridgehead atoms. The van der Waals surface area contributed by atoms with Gasteiger partial charge in [0.05, 0.1) is 12.6 Å². The molecule has 0 amide bonds. The standard InChI is InChI=1S/C26H32BrClN2O4/c1-26(2)15-17-11-18(27)12-22(24(17)34-26)31-8-4-3-6-30-7-5-29-16-21(30)20-13-19(28)14-23-25(20)33-10-9-32-23/h11-14,21,29H,3-10,15-16H2,1-2H3. The average molecular weight is 552 g/mol. The maximum absolute atomic E-state index is 6.42. The molecule has 34 heavy (non-hydrogen) atoms. The molecular formula is C26H32BrClN2O4. The lowest BCUT2D eigenvalue weighted by Gasteiger charge is -2.38. The fourth-order valence-electron chi connectivity index (χ4n) is 5.06. The van der Waals surface area contributed by atoms with Gasteiger partial charge in [0.25, 0.3) is 0 Å². The van der Waals surface area contributed by atoms with Gasteiger partial charge in [0, 0.05) is 52.7 Å². The number of nitrogens with one attached hydrogen (secondary N) is 1. The number of hydrogen-bond donors (Lipinski definition) is 1. The van der Waals surface area contributed by atoms with Crippen LogP contribution in [-0.2, 0) is 6.42 Å². The smallest absolute Gasteiger partial charge is 0.166 e. The second-order valence-corrected chi connectivity index (χ2v) is 11.1. The Balaban J connectivity index is 1.19. The van der Waals surface area contributed by atoms with E-state index in [1.54, 1.807) is 0 Å². The van der Waals surface area contributed by atoms with Crippen molar-refractivity contribution in [3.8, 4) is 23.0 Å². The molecule has 5 rings (SSSR count). The number of halogens is 2. The quantitative estimate of drug-likeness (QED) is 0.466. The van der Waals surface area contributed by atoms with Crippen LogP contribution in [0.15, 0.2) is 28.7 Å². The van der Waals surface area contributed by atoms with Gasteiger partial charge in [0.2, 0.25) is 0 Å². The molecule has 1 N–H and O–H groups in total. The Bertz CT molecular complexity index is 1050. The topological polar surface area (TPSA) is 52.2 Å². The van der Waals surface area contributed by atoms with Gasteiger partial charge in [-0.15, -0.1) is 0 Å². The first-order valence-electron chi connectivity index (χ1n) is 12.1. The zero-order chi connectivity index (χ0) is 23.7. The second-order valence-electron chi connectivity index (χ2n) is 9.76.